The Balaban J connectivity index is 1.17. The van der Waals surface area contributed by atoms with E-state index in [0.717, 1.165) is 50.9 Å². The fraction of sp³-hybridized carbons (Fsp3) is 0.778. The minimum atomic E-state index is -4.15. The summed E-state index contributed by atoms with van der Waals surface area (Å²) in [5, 5.41) is 0. The van der Waals surface area contributed by atoms with E-state index in [0.29, 0.717) is 5.92 Å². The van der Waals surface area contributed by atoms with Gasteiger partial charge in [-0.15, -0.1) is 0 Å². The number of H-pyrrole nitrogens is 1. The van der Waals surface area contributed by atoms with Gasteiger partial charge in [-0.1, -0.05) is 0 Å². The Morgan fingerprint density at radius 1 is 1.35 bits per heavy atom. The van der Waals surface area contributed by atoms with Crippen molar-refractivity contribution in [3.05, 3.63) is 18.2 Å². The van der Waals surface area contributed by atoms with Crippen molar-refractivity contribution in [1.82, 2.24) is 14.9 Å². The number of hydrogen-bond acceptors (Lipinski definition) is 3. The van der Waals surface area contributed by atoms with Crippen LogP contribution in [0.15, 0.2) is 12.5 Å². The molecule has 2 heterocycles. The van der Waals surface area contributed by atoms with Crippen LogP contribution in [0.2, 0.25) is 0 Å². The molecule has 1 N–H and O–H groups in total. The molecule has 26 heavy (non-hydrogen) atoms. The van der Waals surface area contributed by atoms with Crippen LogP contribution in [0.25, 0.3) is 0 Å². The lowest BCUT2D eigenvalue weighted by molar-refractivity contribution is -0.180. The number of nitrogens with zero attached hydrogens (tertiary/aromatic N) is 2. The maximum atomic E-state index is 12.7. The smallest absolute Gasteiger partial charge is 0.378 e. The predicted molar refractivity (Wildman–Crippen MR) is 87.3 cm³/mol. The molecule has 1 saturated heterocycles. The Labute approximate surface area is 150 Å². The third kappa shape index (κ3) is 3.61. The zero-order valence-electron chi connectivity index (χ0n) is 14.6. The first kappa shape index (κ1) is 17.8. The van der Waals surface area contributed by atoms with Crippen LogP contribution < -0.4 is 0 Å². The van der Waals surface area contributed by atoms with Gasteiger partial charge in [0.05, 0.1) is 25.5 Å². The molecule has 1 aromatic heterocycles. The largest absolute Gasteiger partial charge is 0.391 e. The fourth-order valence-electron chi connectivity index (χ4n) is 4.82. The summed E-state index contributed by atoms with van der Waals surface area (Å²) >= 11 is 0. The van der Waals surface area contributed by atoms with Crippen LogP contribution >= 0.6 is 0 Å². The van der Waals surface area contributed by atoms with Crippen molar-refractivity contribution >= 4 is 5.91 Å². The number of aromatic nitrogens is 2. The lowest BCUT2D eigenvalue weighted by Gasteiger charge is -2.57. The lowest BCUT2D eigenvalue weighted by atomic mass is 9.50. The van der Waals surface area contributed by atoms with E-state index in [9.17, 15) is 18.0 Å². The summed E-state index contributed by atoms with van der Waals surface area (Å²) in [4.78, 5) is 21.8. The van der Waals surface area contributed by atoms with E-state index in [1.54, 1.807) is 6.33 Å². The highest BCUT2D eigenvalue weighted by Gasteiger charge is 2.56. The van der Waals surface area contributed by atoms with Crippen molar-refractivity contribution in [2.75, 3.05) is 19.7 Å². The maximum absolute atomic E-state index is 12.7. The monoisotopic (exact) mass is 371 g/mol. The lowest BCUT2D eigenvalue weighted by Crippen LogP contribution is -2.54. The second kappa shape index (κ2) is 6.55. The number of aromatic amines is 1. The highest BCUT2D eigenvalue weighted by Crippen LogP contribution is 2.60. The Morgan fingerprint density at radius 2 is 2.12 bits per heavy atom. The number of halogens is 3. The molecule has 4 rings (SSSR count). The van der Waals surface area contributed by atoms with Gasteiger partial charge in [0, 0.05) is 36.8 Å². The van der Waals surface area contributed by atoms with Crippen LogP contribution in [0.5, 0.6) is 0 Å². The minimum Gasteiger partial charge on any atom is -0.378 e. The molecule has 1 aliphatic heterocycles. The molecular weight excluding hydrogens is 347 g/mol. The molecule has 2 aliphatic carbocycles. The minimum absolute atomic E-state index is 0.0649. The quantitative estimate of drug-likeness (QED) is 0.864. The topological polar surface area (TPSA) is 58.2 Å². The number of carbonyl (C=O) groups is 1. The summed E-state index contributed by atoms with van der Waals surface area (Å²) in [6.45, 7) is 1.28. The van der Waals surface area contributed by atoms with E-state index in [2.05, 4.69) is 9.97 Å². The number of ether oxygens (including phenoxy) is 1. The Morgan fingerprint density at radius 3 is 2.77 bits per heavy atom. The number of carbonyl (C=O) groups excluding carboxylic acids is 1. The van der Waals surface area contributed by atoms with Gasteiger partial charge in [0.25, 0.3) is 0 Å². The summed E-state index contributed by atoms with van der Waals surface area (Å²) in [5.41, 5.74) is 1.23. The van der Waals surface area contributed by atoms with E-state index in [-0.39, 0.29) is 30.0 Å². The molecule has 8 heteroatoms. The number of amides is 1. The first-order valence-electron chi connectivity index (χ1n) is 9.29. The van der Waals surface area contributed by atoms with Crippen molar-refractivity contribution < 1.29 is 22.7 Å². The highest BCUT2D eigenvalue weighted by molar-refractivity contribution is 5.80. The zero-order chi connectivity index (χ0) is 18.4. The molecular formula is C18H24F3N3O2. The molecule has 1 atom stereocenters. The van der Waals surface area contributed by atoms with Gasteiger partial charge in [0.15, 0.2) is 0 Å². The van der Waals surface area contributed by atoms with Crippen LogP contribution in [0, 0.1) is 11.3 Å². The molecule has 1 amide bonds. The maximum Gasteiger partial charge on any atom is 0.391 e. The van der Waals surface area contributed by atoms with Crippen LogP contribution in [0.3, 0.4) is 0 Å². The molecule has 144 valence electrons. The van der Waals surface area contributed by atoms with Gasteiger partial charge in [-0.3, -0.25) is 4.79 Å². The van der Waals surface area contributed by atoms with Crippen molar-refractivity contribution in [3.8, 4) is 0 Å². The third-order valence-electron chi connectivity index (χ3n) is 6.23. The molecule has 3 aliphatic rings. The fourth-order valence-corrected chi connectivity index (χ4v) is 4.82. The van der Waals surface area contributed by atoms with Gasteiger partial charge >= 0.3 is 6.18 Å². The van der Waals surface area contributed by atoms with E-state index in [4.69, 9.17) is 4.74 Å². The van der Waals surface area contributed by atoms with Crippen LogP contribution in [-0.4, -0.2) is 52.8 Å². The number of hydrogen-bond donors (Lipinski definition) is 1. The van der Waals surface area contributed by atoms with E-state index >= 15 is 0 Å². The molecule has 0 aromatic carbocycles. The molecule has 2 saturated carbocycles. The summed E-state index contributed by atoms with van der Waals surface area (Å²) in [7, 11) is 0. The highest BCUT2D eigenvalue weighted by atomic mass is 19.4. The van der Waals surface area contributed by atoms with Crippen molar-refractivity contribution in [3.63, 3.8) is 0 Å². The third-order valence-corrected chi connectivity index (χ3v) is 6.23. The Bertz CT molecular complexity index is 633. The normalized spacial score (nSPS) is 34.0. The van der Waals surface area contributed by atoms with Crippen molar-refractivity contribution in [1.29, 1.82) is 0 Å². The molecule has 1 spiro atoms. The molecule has 0 bridgehead atoms. The number of imidazole rings is 1. The van der Waals surface area contributed by atoms with Crippen molar-refractivity contribution in [2.45, 2.75) is 56.7 Å². The number of rotatable bonds is 5. The molecule has 0 unspecified atom stereocenters. The van der Waals surface area contributed by atoms with Crippen molar-refractivity contribution in [2.24, 2.45) is 11.3 Å². The van der Waals surface area contributed by atoms with Gasteiger partial charge in [0.1, 0.15) is 0 Å². The molecule has 1 aromatic rings. The van der Waals surface area contributed by atoms with Gasteiger partial charge in [-0.25, -0.2) is 4.98 Å². The summed E-state index contributed by atoms with van der Waals surface area (Å²) in [6, 6.07) is 0. The van der Waals surface area contributed by atoms with Crippen LogP contribution in [0.1, 0.15) is 50.1 Å². The molecule has 0 radical (unpaired) electrons. The van der Waals surface area contributed by atoms with Gasteiger partial charge < -0.3 is 14.6 Å². The van der Waals surface area contributed by atoms with Crippen LogP contribution in [0.4, 0.5) is 13.2 Å². The number of likely N-dealkylation sites (tertiary alicyclic amines) is 1. The summed E-state index contributed by atoms with van der Waals surface area (Å²) in [6.07, 6.45) is 2.65. The van der Waals surface area contributed by atoms with Gasteiger partial charge in [0.2, 0.25) is 5.91 Å². The Kier molecular flexibility index (Phi) is 4.49. The SMILES string of the molecule is O=C(C1CC2(CC(OCCC(F)(F)F)C2)C1)N1CC[C@H](c2cnc[nH]2)C1. The van der Waals surface area contributed by atoms with Gasteiger partial charge in [-0.2, -0.15) is 13.2 Å². The standard InChI is InChI=1S/C18H24F3N3O2/c19-18(20,21)2-4-26-14-7-17(8-14)5-13(6-17)16(25)24-3-1-12(10-24)15-9-22-11-23-15/h9,11-14H,1-8,10H2,(H,22,23)/t12-,13?,14?,17?/m0/s1. The van der Waals surface area contributed by atoms with E-state index in [1.807, 2.05) is 11.1 Å². The number of alkyl halides is 3. The first-order chi connectivity index (χ1) is 12.3. The predicted octanol–water partition coefficient (Wildman–Crippen LogP) is 3.25. The molecule has 5 nitrogen and oxygen atoms in total. The average Bonchev–Trinajstić information content (AvgIpc) is 3.15. The van der Waals surface area contributed by atoms with E-state index < -0.39 is 12.6 Å². The summed E-state index contributed by atoms with van der Waals surface area (Å²) in [5.74, 6) is 0.649. The second-order valence-corrected chi connectivity index (χ2v) is 8.15. The van der Waals surface area contributed by atoms with Crippen LogP contribution in [-0.2, 0) is 9.53 Å². The van der Waals surface area contributed by atoms with E-state index in [1.165, 1.54) is 0 Å². The second-order valence-electron chi connectivity index (χ2n) is 8.15. The Hall–Kier alpha value is -1.57. The average molecular weight is 371 g/mol. The van der Waals surface area contributed by atoms with Gasteiger partial charge in [-0.05, 0) is 37.5 Å². The zero-order valence-corrected chi connectivity index (χ0v) is 14.6. The number of nitrogens with one attached hydrogen (secondary N) is 1. The summed E-state index contributed by atoms with van der Waals surface area (Å²) < 4.78 is 41.7. The first-order valence-corrected chi connectivity index (χ1v) is 9.29. The molecule has 3 fully saturated rings.